The monoisotopic (exact) mass is 1350 g/mol. The van der Waals surface area contributed by atoms with Gasteiger partial charge < -0.3 is 75.2 Å². The van der Waals surface area contributed by atoms with Gasteiger partial charge in [-0.3, -0.25) is 38.6 Å². The van der Waals surface area contributed by atoms with Crippen molar-refractivity contribution in [3.05, 3.63) is 160 Å². The molecule has 25 nitrogen and oxygen atoms in total. The van der Waals surface area contributed by atoms with Gasteiger partial charge in [0.05, 0.1) is 81.8 Å². The summed E-state index contributed by atoms with van der Waals surface area (Å²) in [5.41, 5.74) is 7.07. The molecule has 6 atom stereocenters. The summed E-state index contributed by atoms with van der Waals surface area (Å²) in [6.45, 7) is 4.56. The van der Waals surface area contributed by atoms with E-state index >= 15 is 0 Å². The van der Waals surface area contributed by atoms with Crippen LogP contribution in [0.25, 0.3) is 0 Å². The van der Waals surface area contributed by atoms with Gasteiger partial charge in [0.1, 0.15) is 18.7 Å². The summed E-state index contributed by atoms with van der Waals surface area (Å²) >= 11 is 0. The molecule has 5 aliphatic heterocycles. The quantitative estimate of drug-likeness (QED) is 0.0259. The Morgan fingerprint density at radius 3 is 2.08 bits per heavy atom. The van der Waals surface area contributed by atoms with E-state index in [4.69, 9.17) is 28.7 Å². The minimum atomic E-state index is -1.49. The highest BCUT2D eigenvalue weighted by Gasteiger charge is 2.58. The number of aliphatic hydroxyl groups excluding tert-OH is 2. The van der Waals surface area contributed by atoms with Gasteiger partial charge in [-0.05, 0) is 103 Å². The molecule has 6 aliphatic rings. The number of benzene rings is 6. The predicted molar refractivity (Wildman–Crippen MR) is 366 cm³/mol. The molecule has 1 saturated heterocycles. The van der Waals surface area contributed by atoms with Crippen LogP contribution in [0.5, 0.6) is 23.0 Å². The van der Waals surface area contributed by atoms with Crippen molar-refractivity contribution in [2.24, 2.45) is 16.3 Å². The van der Waals surface area contributed by atoms with E-state index in [1.165, 1.54) is 33.3 Å². The van der Waals surface area contributed by atoms with Crippen molar-refractivity contribution in [1.29, 1.82) is 0 Å². The van der Waals surface area contributed by atoms with Crippen LogP contribution in [-0.4, -0.2) is 146 Å². The van der Waals surface area contributed by atoms with Gasteiger partial charge in [-0.1, -0.05) is 86.4 Å². The Morgan fingerprint density at radius 2 is 1.35 bits per heavy atom. The van der Waals surface area contributed by atoms with E-state index < -0.39 is 85.2 Å². The highest BCUT2D eigenvalue weighted by atomic mass is 16.6. The summed E-state index contributed by atoms with van der Waals surface area (Å²) in [4.78, 5) is 119. The van der Waals surface area contributed by atoms with Crippen LogP contribution in [-0.2, 0) is 53.1 Å². The Morgan fingerprint density at radius 1 is 0.697 bits per heavy atom. The fourth-order valence-electron chi connectivity index (χ4n) is 13.1. The third-order valence-corrected chi connectivity index (χ3v) is 18.7. The van der Waals surface area contributed by atoms with E-state index in [2.05, 4.69) is 44.5 Å². The van der Waals surface area contributed by atoms with E-state index in [0.29, 0.717) is 71.1 Å². The Labute approximate surface area is 572 Å². The maximum absolute atomic E-state index is 14.5. The lowest BCUT2D eigenvalue weighted by molar-refractivity contribution is -0.132. The number of rotatable bonds is 23. The number of para-hydroxylation sites is 2. The number of hydrogen-bond acceptors (Lipinski definition) is 17. The minimum absolute atomic E-state index is 0.0633. The zero-order chi connectivity index (χ0) is 69.6. The van der Waals surface area contributed by atoms with Crippen LogP contribution in [0.1, 0.15) is 109 Å². The lowest BCUT2D eigenvalue weighted by Crippen LogP contribution is -2.55. The highest BCUT2D eigenvalue weighted by molar-refractivity contribution is 6.06. The van der Waals surface area contributed by atoms with Crippen LogP contribution in [0.4, 0.5) is 33.2 Å². The number of fused-ring (bicyclic) bond motifs is 8. The number of hydrogen-bond donors (Lipinski definition) is 7. The number of nitrogens with zero attached hydrogens (tertiary/aromatic N) is 5. The molecule has 7 N–H and O–H groups in total. The van der Waals surface area contributed by atoms with Crippen molar-refractivity contribution in [3.8, 4) is 34.8 Å². The van der Waals surface area contributed by atoms with Gasteiger partial charge in [0.15, 0.2) is 35.5 Å². The predicted octanol–water partition coefficient (Wildman–Crippen LogP) is 6.70. The molecule has 1 saturated carbocycles. The second kappa shape index (κ2) is 29.4. The average Bonchev–Trinajstić information content (AvgIpc) is 1.58. The number of methoxy groups -OCH3 is 2. The van der Waals surface area contributed by atoms with Crippen LogP contribution >= 0.6 is 0 Å². The van der Waals surface area contributed by atoms with Gasteiger partial charge in [-0.2, -0.15) is 0 Å². The molecule has 2 fully saturated rings. The highest BCUT2D eigenvalue weighted by Crippen LogP contribution is 2.57. The van der Waals surface area contributed by atoms with Gasteiger partial charge >= 0.3 is 6.09 Å². The first-order valence-electron chi connectivity index (χ1n) is 33.0. The topological polar surface area (TPSA) is 309 Å². The van der Waals surface area contributed by atoms with E-state index in [1.807, 2.05) is 71.8 Å². The molecule has 6 aromatic rings. The molecule has 2 unspecified atom stereocenters. The third kappa shape index (κ3) is 15.0. The number of nitrogens with one attached hydrogen (secondary N) is 5. The molecule has 12 rings (SSSR count). The van der Waals surface area contributed by atoms with E-state index in [0.717, 1.165) is 40.1 Å². The molecule has 5 heterocycles. The zero-order valence-electron chi connectivity index (χ0n) is 55.5. The molecule has 1 aliphatic carbocycles. The van der Waals surface area contributed by atoms with Crippen molar-refractivity contribution in [1.82, 2.24) is 26.2 Å². The maximum Gasteiger partial charge on any atom is 0.416 e. The van der Waals surface area contributed by atoms with Gasteiger partial charge in [0.2, 0.25) is 35.4 Å². The summed E-state index contributed by atoms with van der Waals surface area (Å²) in [7, 11) is 2.97. The summed E-state index contributed by atoms with van der Waals surface area (Å²) in [5.74, 6) is 3.27. The zero-order valence-corrected chi connectivity index (χ0v) is 55.5. The first kappa shape index (κ1) is 68.0. The molecule has 0 aromatic heterocycles. The Hall–Kier alpha value is -11.0. The molecule has 1 spiro atoms. The van der Waals surface area contributed by atoms with Gasteiger partial charge in [-0.25, -0.2) is 9.69 Å². The van der Waals surface area contributed by atoms with Crippen LogP contribution in [0.3, 0.4) is 0 Å². The number of amides is 8. The van der Waals surface area contributed by atoms with Crippen molar-refractivity contribution in [2.75, 3.05) is 67.1 Å². The minimum Gasteiger partial charge on any atom is -0.493 e. The molecule has 0 bridgehead atoms. The standard InChI is InChI=1S/C74H78N10O15/c1-43(2)67(80-65(87)39-77-64(86)38-76-63(85)25-26-66(88)81-40-49-16-7-6-13-46(49)21-22-47-14-8-10-17-55(47)81)69(90)78-44(3)68(89)79-50-23-19-45(20-24-50)41-99-73(94)84-57-35-62(60(96-5)33-53(57)70(91)82-42-74(27-28-74)36-58(82)72(84)93)98-30-12-29-97-61-34-54-52(32-59(61)95-4)71(92)83-51(37-75-54)31-48-15-9-11-18-56(48)83/h6-11,13-20,23-24,32-35,37,43-44,51,58,67,71-72,92-93H,12,25-31,36,38-42H2,1-5H3,(H,76,85)(H,77,86)(H,78,90)(H,79,89)(H,80,87)/t44-,51-,58-,67-,71?,72?/m0/s1. The van der Waals surface area contributed by atoms with Crippen molar-refractivity contribution in [2.45, 2.75) is 115 Å². The van der Waals surface area contributed by atoms with Crippen molar-refractivity contribution < 1.29 is 72.3 Å². The van der Waals surface area contributed by atoms with Crippen LogP contribution < -0.4 is 60.2 Å². The lowest BCUT2D eigenvalue weighted by Gasteiger charge is -2.31. The first-order valence-corrected chi connectivity index (χ1v) is 33.0. The second-order valence-electron chi connectivity index (χ2n) is 25.8. The second-order valence-corrected chi connectivity index (χ2v) is 25.8. The molecule has 6 aromatic carbocycles. The number of aliphatic hydroxyl groups is 2. The summed E-state index contributed by atoms with van der Waals surface area (Å²) in [6.07, 6.45) is 1.45. The van der Waals surface area contributed by atoms with Gasteiger partial charge in [-0.15, -0.1) is 0 Å². The molecular weight excluding hydrogens is 1270 g/mol. The SMILES string of the molecule is COc1cc2c(cc1OCCCOc1cc3c(cc1OC)C(=O)N1CC4(CC4)C[C@H]1C(O)N3C(=O)OCc1ccc(NC(=O)[C@H](C)NC(=O)[C@@H](NC(=O)CNC(=O)CNC(=O)CCC(=O)N3Cc4ccccc4C#Cc4ccccc43)C(C)C)cc1)N=C[C@@H]1Cc3ccccc3N1C2O. The number of ether oxygens (including phenoxy) is 5. The fourth-order valence-corrected chi connectivity index (χ4v) is 13.1. The largest absolute Gasteiger partial charge is 0.493 e. The molecule has 514 valence electrons. The molecule has 8 amide bonds. The fraction of sp³-hybridized carbons (Fsp3) is 0.365. The van der Waals surface area contributed by atoms with Crippen LogP contribution in [0.2, 0.25) is 0 Å². The third-order valence-electron chi connectivity index (χ3n) is 18.7. The van der Waals surface area contributed by atoms with E-state index in [-0.39, 0.29) is 85.2 Å². The summed E-state index contributed by atoms with van der Waals surface area (Å²) in [6, 6.07) is 32.6. The number of carbonyl (C=O) groups excluding carboxylic acids is 8. The van der Waals surface area contributed by atoms with Gasteiger partial charge in [0.25, 0.3) is 5.91 Å². The van der Waals surface area contributed by atoms with Crippen molar-refractivity contribution >= 4 is 82.1 Å². The Balaban J connectivity index is 0.606. The lowest BCUT2D eigenvalue weighted by atomic mass is 10.0. The van der Waals surface area contributed by atoms with Gasteiger partial charge in [0, 0.05) is 78.6 Å². The van der Waals surface area contributed by atoms with E-state index in [1.54, 1.807) is 66.1 Å². The molecular formula is C74H78N10O15. The van der Waals surface area contributed by atoms with Crippen molar-refractivity contribution in [3.63, 3.8) is 0 Å². The maximum atomic E-state index is 14.5. The van der Waals surface area contributed by atoms with Crippen LogP contribution in [0.15, 0.2) is 126 Å². The normalized spacial score (nSPS) is 18.4. The van der Waals surface area contributed by atoms with Crippen LogP contribution in [0, 0.1) is 23.2 Å². The Bertz CT molecular complexity index is 4240. The number of aliphatic imine (C=N–C) groups is 1. The Kier molecular flexibility index (Phi) is 20.2. The summed E-state index contributed by atoms with van der Waals surface area (Å²) < 4.78 is 29.9. The molecule has 25 heteroatoms. The smallest absolute Gasteiger partial charge is 0.416 e. The first-order chi connectivity index (χ1) is 47.8. The number of carbonyl (C=O) groups is 8. The summed E-state index contributed by atoms with van der Waals surface area (Å²) in [5, 5.41) is 36.7. The average molecular weight is 1350 g/mol. The molecule has 0 radical (unpaired) electrons. The molecule has 99 heavy (non-hydrogen) atoms. The number of anilines is 4. The van der Waals surface area contributed by atoms with E-state index in [9.17, 15) is 48.6 Å².